The van der Waals surface area contributed by atoms with Crippen LogP contribution in [0.1, 0.15) is 35.3 Å². The number of thiophene rings is 1. The highest BCUT2D eigenvalue weighted by atomic mass is 32.1. The third-order valence-corrected chi connectivity index (χ3v) is 4.43. The van der Waals surface area contributed by atoms with Crippen molar-refractivity contribution in [2.45, 2.75) is 31.7 Å². The van der Waals surface area contributed by atoms with Crippen molar-refractivity contribution in [3.63, 3.8) is 0 Å². The predicted molar refractivity (Wildman–Crippen MR) is 73.3 cm³/mol. The van der Waals surface area contributed by atoms with Crippen LogP contribution in [0.4, 0.5) is 0 Å². The van der Waals surface area contributed by atoms with E-state index in [4.69, 9.17) is 4.74 Å². The van der Waals surface area contributed by atoms with Crippen LogP contribution < -0.4 is 0 Å². The average molecular weight is 276 g/mol. The van der Waals surface area contributed by atoms with Crippen LogP contribution in [-0.4, -0.2) is 22.6 Å². The molecule has 3 heterocycles. The zero-order valence-corrected chi connectivity index (χ0v) is 11.7. The first kappa shape index (κ1) is 12.4. The largest absolute Gasteiger partial charge is 0.467 e. The van der Waals surface area contributed by atoms with Crippen molar-refractivity contribution in [3.05, 3.63) is 40.1 Å². The minimum Gasteiger partial charge on any atom is -0.467 e. The molecule has 100 valence electrons. The van der Waals surface area contributed by atoms with E-state index < -0.39 is 0 Å². The van der Waals surface area contributed by atoms with Gasteiger partial charge in [0.2, 0.25) is 0 Å². The number of aryl methyl sites for hydroxylation is 1. The van der Waals surface area contributed by atoms with Crippen LogP contribution in [0.25, 0.3) is 0 Å². The lowest BCUT2D eigenvalue weighted by molar-refractivity contribution is -0.145. The Hall–Kier alpha value is -1.62. The van der Waals surface area contributed by atoms with Crippen molar-refractivity contribution < 1.29 is 9.53 Å². The highest BCUT2D eigenvalue weighted by Crippen LogP contribution is 2.29. The van der Waals surface area contributed by atoms with Crippen LogP contribution in [0, 0.1) is 0 Å². The first-order chi connectivity index (χ1) is 9.29. The SMILES string of the molecule is COC(=O)C1CCCc2cnc(Cc3cccs3)n21. The summed E-state index contributed by atoms with van der Waals surface area (Å²) in [7, 11) is 1.45. The summed E-state index contributed by atoms with van der Waals surface area (Å²) in [6, 6.07) is 3.94. The molecule has 4 nitrogen and oxygen atoms in total. The second-order valence-electron chi connectivity index (χ2n) is 4.72. The summed E-state index contributed by atoms with van der Waals surface area (Å²) in [5.74, 6) is 0.805. The van der Waals surface area contributed by atoms with Crippen molar-refractivity contribution in [1.82, 2.24) is 9.55 Å². The molecule has 0 bridgehead atoms. The third kappa shape index (κ3) is 2.30. The molecule has 0 aromatic carbocycles. The van der Waals surface area contributed by atoms with E-state index in [9.17, 15) is 4.79 Å². The number of rotatable bonds is 3. The summed E-state index contributed by atoms with van der Waals surface area (Å²) in [4.78, 5) is 17.7. The summed E-state index contributed by atoms with van der Waals surface area (Å²) < 4.78 is 7.00. The van der Waals surface area contributed by atoms with Crippen molar-refractivity contribution in [1.29, 1.82) is 0 Å². The van der Waals surface area contributed by atoms with E-state index >= 15 is 0 Å². The molecule has 2 aromatic rings. The van der Waals surface area contributed by atoms with Gasteiger partial charge in [0, 0.05) is 23.2 Å². The number of hydrogen-bond donors (Lipinski definition) is 0. The number of methoxy groups -OCH3 is 1. The monoisotopic (exact) mass is 276 g/mol. The van der Waals surface area contributed by atoms with Gasteiger partial charge in [-0.15, -0.1) is 11.3 Å². The van der Waals surface area contributed by atoms with Crippen LogP contribution >= 0.6 is 11.3 Å². The van der Waals surface area contributed by atoms with Gasteiger partial charge in [-0.1, -0.05) is 6.07 Å². The number of esters is 1. The van der Waals surface area contributed by atoms with Gasteiger partial charge in [0.15, 0.2) is 0 Å². The van der Waals surface area contributed by atoms with Gasteiger partial charge in [0.1, 0.15) is 11.9 Å². The van der Waals surface area contributed by atoms with Crippen LogP contribution in [0.3, 0.4) is 0 Å². The summed E-state index contributed by atoms with van der Waals surface area (Å²) in [6.07, 6.45) is 5.53. The highest BCUT2D eigenvalue weighted by Gasteiger charge is 2.29. The van der Waals surface area contributed by atoms with E-state index in [1.54, 1.807) is 11.3 Å². The van der Waals surface area contributed by atoms with Crippen LogP contribution in [0.15, 0.2) is 23.7 Å². The molecule has 0 N–H and O–H groups in total. The standard InChI is InChI=1S/C14H16N2O2S/c1-18-14(17)12-6-2-4-10-9-15-13(16(10)12)8-11-5-3-7-19-11/h3,5,7,9,12H,2,4,6,8H2,1H3. The molecule has 5 heteroatoms. The van der Waals surface area contributed by atoms with E-state index in [1.807, 2.05) is 12.3 Å². The van der Waals surface area contributed by atoms with Gasteiger partial charge in [-0.25, -0.2) is 9.78 Å². The average Bonchev–Trinajstić information content (AvgIpc) is 3.08. The summed E-state index contributed by atoms with van der Waals surface area (Å²) in [5, 5.41) is 2.06. The molecule has 0 radical (unpaired) electrons. The quantitative estimate of drug-likeness (QED) is 0.809. The maximum Gasteiger partial charge on any atom is 0.328 e. The fourth-order valence-electron chi connectivity index (χ4n) is 2.67. The fraction of sp³-hybridized carbons (Fsp3) is 0.429. The molecule has 0 amide bonds. The van der Waals surface area contributed by atoms with Crippen LogP contribution in [0.5, 0.6) is 0 Å². The Kier molecular flexibility index (Phi) is 3.38. The van der Waals surface area contributed by atoms with Gasteiger partial charge >= 0.3 is 5.97 Å². The van der Waals surface area contributed by atoms with Crippen LogP contribution in [0.2, 0.25) is 0 Å². The lowest BCUT2D eigenvalue weighted by Gasteiger charge is -2.25. The Labute approximate surface area is 116 Å². The number of carbonyl (C=O) groups excluding carboxylic acids is 1. The Morgan fingerprint density at radius 2 is 2.53 bits per heavy atom. The van der Waals surface area contributed by atoms with Crippen molar-refractivity contribution >= 4 is 17.3 Å². The maximum atomic E-state index is 11.9. The number of aromatic nitrogens is 2. The number of carbonyl (C=O) groups is 1. The van der Waals surface area contributed by atoms with Gasteiger partial charge in [0.05, 0.1) is 7.11 Å². The molecule has 1 aliphatic heterocycles. The predicted octanol–water partition coefficient (Wildman–Crippen LogP) is 2.59. The van der Waals surface area contributed by atoms with E-state index in [2.05, 4.69) is 21.0 Å². The molecule has 1 unspecified atom stereocenters. The van der Waals surface area contributed by atoms with E-state index in [1.165, 1.54) is 12.0 Å². The normalized spacial score (nSPS) is 18.1. The molecule has 0 saturated heterocycles. The summed E-state index contributed by atoms with van der Waals surface area (Å²) >= 11 is 1.72. The van der Waals surface area contributed by atoms with Gasteiger partial charge < -0.3 is 9.30 Å². The van der Waals surface area contributed by atoms with Crippen molar-refractivity contribution in [3.8, 4) is 0 Å². The number of ether oxygens (including phenoxy) is 1. The van der Waals surface area contributed by atoms with Gasteiger partial charge in [0.25, 0.3) is 0 Å². The zero-order valence-electron chi connectivity index (χ0n) is 10.8. The molecule has 0 aliphatic carbocycles. The van der Waals surface area contributed by atoms with E-state index in [-0.39, 0.29) is 12.0 Å². The minimum atomic E-state index is -0.203. The van der Waals surface area contributed by atoms with Gasteiger partial charge in [-0.3, -0.25) is 0 Å². The lowest BCUT2D eigenvalue weighted by Crippen LogP contribution is -2.27. The molecule has 0 spiro atoms. The second kappa shape index (κ2) is 5.17. The first-order valence-electron chi connectivity index (χ1n) is 6.45. The molecule has 1 atom stereocenters. The topological polar surface area (TPSA) is 44.1 Å². The molecule has 1 aliphatic rings. The number of nitrogens with zero attached hydrogens (tertiary/aromatic N) is 2. The minimum absolute atomic E-state index is 0.161. The molecular formula is C14H16N2O2S. The summed E-state index contributed by atoms with van der Waals surface area (Å²) in [6.45, 7) is 0. The lowest BCUT2D eigenvalue weighted by atomic mass is 10.0. The zero-order chi connectivity index (χ0) is 13.2. The van der Waals surface area contributed by atoms with Gasteiger partial charge in [-0.2, -0.15) is 0 Å². The van der Waals surface area contributed by atoms with Crippen molar-refractivity contribution in [2.24, 2.45) is 0 Å². The second-order valence-corrected chi connectivity index (χ2v) is 5.76. The molecule has 2 aromatic heterocycles. The number of imidazole rings is 1. The number of fused-ring (bicyclic) bond motifs is 1. The van der Waals surface area contributed by atoms with E-state index in [0.717, 1.165) is 37.2 Å². The molecule has 19 heavy (non-hydrogen) atoms. The Bertz CT molecular complexity index is 574. The van der Waals surface area contributed by atoms with E-state index in [0.29, 0.717) is 0 Å². The molecule has 0 saturated carbocycles. The fourth-order valence-corrected chi connectivity index (χ4v) is 3.37. The Morgan fingerprint density at radius 3 is 3.26 bits per heavy atom. The van der Waals surface area contributed by atoms with Crippen molar-refractivity contribution in [2.75, 3.05) is 7.11 Å². The Morgan fingerprint density at radius 1 is 1.63 bits per heavy atom. The summed E-state index contributed by atoms with van der Waals surface area (Å²) in [5.41, 5.74) is 1.15. The Balaban J connectivity index is 1.94. The number of hydrogen-bond acceptors (Lipinski definition) is 4. The highest BCUT2D eigenvalue weighted by molar-refractivity contribution is 7.09. The molecular weight excluding hydrogens is 260 g/mol. The first-order valence-corrected chi connectivity index (χ1v) is 7.32. The molecule has 3 rings (SSSR count). The molecule has 0 fully saturated rings. The third-order valence-electron chi connectivity index (χ3n) is 3.56. The van der Waals surface area contributed by atoms with Crippen LogP contribution in [-0.2, 0) is 22.4 Å². The smallest absolute Gasteiger partial charge is 0.328 e. The van der Waals surface area contributed by atoms with Gasteiger partial charge in [-0.05, 0) is 30.7 Å². The maximum absolute atomic E-state index is 11.9.